The fourth-order valence-corrected chi connectivity index (χ4v) is 3.52. The van der Waals surface area contributed by atoms with Gasteiger partial charge >= 0.3 is 5.97 Å². The van der Waals surface area contributed by atoms with E-state index < -0.39 is 60.4 Å². The van der Waals surface area contributed by atoms with E-state index in [9.17, 15) is 24.0 Å². The van der Waals surface area contributed by atoms with Crippen molar-refractivity contribution in [2.24, 2.45) is 11.5 Å². The molecular formula is C17H29N5O7S. The van der Waals surface area contributed by atoms with Crippen LogP contribution in [0.4, 0.5) is 0 Å². The molecule has 12 nitrogen and oxygen atoms in total. The summed E-state index contributed by atoms with van der Waals surface area (Å²) in [5, 5.41) is 22.8. The number of carboxylic acids is 1. The third kappa shape index (κ3) is 7.46. The summed E-state index contributed by atoms with van der Waals surface area (Å²) >= 11 is 1.43. The fraction of sp³-hybridized carbons (Fsp3) is 0.706. The summed E-state index contributed by atoms with van der Waals surface area (Å²) in [6.45, 7) is -0.524. The maximum absolute atomic E-state index is 12.8. The van der Waals surface area contributed by atoms with Gasteiger partial charge in [-0.25, -0.2) is 4.79 Å². The quantitative estimate of drug-likeness (QED) is 0.180. The number of nitrogens with zero attached hydrogens (tertiary/aromatic N) is 1. The number of likely N-dealkylation sites (tertiary alicyclic amines) is 1. The molecule has 0 saturated carbocycles. The number of carbonyl (C=O) groups excluding carboxylic acids is 4. The predicted octanol–water partition coefficient (Wildman–Crippen LogP) is -3.02. The molecule has 0 bridgehead atoms. The number of aliphatic hydroxyl groups excluding tert-OH is 1. The highest BCUT2D eigenvalue weighted by molar-refractivity contribution is 7.98. The summed E-state index contributed by atoms with van der Waals surface area (Å²) in [6.07, 6.45) is 2.58. The summed E-state index contributed by atoms with van der Waals surface area (Å²) < 4.78 is 0. The molecule has 8 N–H and O–H groups in total. The first kappa shape index (κ1) is 25.7. The zero-order valence-corrected chi connectivity index (χ0v) is 17.5. The summed E-state index contributed by atoms with van der Waals surface area (Å²) in [7, 11) is 0. The van der Waals surface area contributed by atoms with Crippen LogP contribution in [0, 0.1) is 0 Å². The molecule has 4 atom stereocenters. The lowest BCUT2D eigenvalue weighted by molar-refractivity contribution is -0.144. The number of amides is 4. The molecule has 0 radical (unpaired) electrons. The highest BCUT2D eigenvalue weighted by atomic mass is 32.2. The molecule has 0 aromatic carbocycles. The van der Waals surface area contributed by atoms with E-state index in [1.807, 2.05) is 6.26 Å². The summed E-state index contributed by atoms with van der Waals surface area (Å²) in [5.74, 6) is -3.54. The average Bonchev–Trinajstić information content (AvgIpc) is 3.17. The van der Waals surface area contributed by atoms with Gasteiger partial charge in [-0.2, -0.15) is 11.8 Å². The first-order valence-corrected chi connectivity index (χ1v) is 10.8. The van der Waals surface area contributed by atoms with Crippen molar-refractivity contribution in [2.45, 2.75) is 49.9 Å². The third-order valence-corrected chi connectivity index (χ3v) is 5.26. The Morgan fingerprint density at radius 1 is 1.20 bits per heavy atom. The second-order valence-corrected chi connectivity index (χ2v) is 7.88. The molecule has 0 aliphatic carbocycles. The van der Waals surface area contributed by atoms with Gasteiger partial charge in [-0.1, -0.05) is 0 Å². The van der Waals surface area contributed by atoms with Gasteiger partial charge < -0.3 is 37.2 Å². The Bertz CT molecular complexity index is 662. The van der Waals surface area contributed by atoms with Crippen molar-refractivity contribution < 1.29 is 34.2 Å². The number of hydrogen-bond donors (Lipinski definition) is 6. The molecule has 1 rings (SSSR count). The Hall–Kier alpha value is -2.38. The van der Waals surface area contributed by atoms with Crippen LogP contribution in [-0.4, -0.2) is 94.0 Å². The number of carbonyl (C=O) groups is 5. The summed E-state index contributed by atoms with van der Waals surface area (Å²) in [4.78, 5) is 61.0. The number of aliphatic carboxylic acids is 1. The van der Waals surface area contributed by atoms with Gasteiger partial charge in [-0.05, 0) is 31.3 Å². The van der Waals surface area contributed by atoms with Crippen molar-refractivity contribution in [3.63, 3.8) is 0 Å². The van der Waals surface area contributed by atoms with Crippen molar-refractivity contribution in [2.75, 3.05) is 25.2 Å². The highest BCUT2D eigenvalue weighted by Crippen LogP contribution is 2.19. The Kier molecular flexibility index (Phi) is 10.6. The van der Waals surface area contributed by atoms with E-state index in [0.29, 0.717) is 18.6 Å². The molecule has 1 fully saturated rings. The van der Waals surface area contributed by atoms with E-state index in [1.54, 1.807) is 0 Å². The van der Waals surface area contributed by atoms with E-state index in [-0.39, 0.29) is 19.4 Å². The van der Waals surface area contributed by atoms with E-state index in [0.717, 1.165) is 0 Å². The van der Waals surface area contributed by atoms with Gasteiger partial charge in [-0.15, -0.1) is 0 Å². The topological polar surface area (TPSA) is 205 Å². The van der Waals surface area contributed by atoms with Crippen LogP contribution in [0.3, 0.4) is 0 Å². The number of hydrogen-bond acceptors (Lipinski definition) is 8. The number of nitrogens with one attached hydrogen (secondary N) is 2. The maximum atomic E-state index is 12.8. The molecule has 1 saturated heterocycles. The monoisotopic (exact) mass is 447 g/mol. The molecule has 4 unspecified atom stereocenters. The molecular weight excluding hydrogens is 418 g/mol. The van der Waals surface area contributed by atoms with Crippen LogP contribution in [0.15, 0.2) is 0 Å². The molecule has 1 aliphatic heterocycles. The lowest BCUT2D eigenvalue weighted by Gasteiger charge is -2.28. The second kappa shape index (κ2) is 12.3. The predicted molar refractivity (Wildman–Crippen MR) is 108 cm³/mol. The number of carboxylic acid groups (broad SMARTS) is 1. The Balaban J connectivity index is 2.86. The summed E-state index contributed by atoms with van der Waals surface area (Å²) in [6, 6.07) is -4.57. The van der Waals surface area contributed by atoms with Crippen molar-refractivity contribution in [1.29, 1.82) is 0 Å². The van der Waals surface area contributed by atoms with E-state index in [1.165, 1.54) is 16.7 Å². The zero-order chi connectivity index (χ0) is 22.8. The Morgan fingerprint density at radius 3 is 2.40 bits per heavy atom. The number of thioether (sulfide) groups is 1. The van der Waals surface area contributed by atoms with Crippen molar-refractivity contribution >= 4 is 41.4 Å². The van der Waals surface area contributed by atoms with Crippen molar-refractivity contribution in [3.05, 3.63) is 0 Å². The smallest absolute Gasteiger partial charge is 0.328 e. The molecule has 1 heterocycles. The van der Waals surface area contributed by atoms with Gasteiger partial charge in [0.1, 0.15) is 18.1 Å². The molecule has 30 heavy (non-hydrogen) atoms. The molecule has 0 aromatic rings. The van der Waals surface area contributed by atoms with Crippen LogP contribution in [0.2, 0.25) is 0 Å². The van der Waals surface area contributed by atoms with Gasteiger partial charge in [0.25, 0.3) is 0 Å². The minimum absolute atomic E-state index is 0.221. The zero-order valence-electron chi connectivity index (χ0n) is 16.7. The molecule has 4 amide bonds. The van der Waals surface area contributed by atoms with E-state index in [2.05, 4.69) is 10.6 Å². The first-order valence-electron chi connectivity index (χ1n) is 9.40. The van der Waals surface area contributed by atoms with E-state index >= 15 is 0 Å². The molecule has 170 valence electrons. The van der Waals surface area contributed by atoms with Gasteiger partial charge in [0, 0.05) is 6.54 Å². The number of rotatable bonds is 12. The summed E-state index contributed by atoms with van der Waals surface area (Å²) in [5.41, 5.74) is 10.8. The molecule has 13 heteroatoms. The largest absolute Gasteiger partial charge is 0.480 e. The average molecular weight is 448 g/mol. The van der Waals surface area contributed by atoms with Gasteiger partial charge in [0.2, 0.25) is 23.6 Å². The van der Waals surface area contributed by atoms with Crippen molar-refractivity contribution in [3.8, 4) is 0 Å². The van der Waals surface area contributed by atoms with Crippen LogP contribution in [0.25, 0.3) is 0 Å². The highest BCUT2D eigenvalue weighted by Gasteiger charge is 2.38. The molecule has 0 spiro atoms. The van der Waals surface area contributed by atoms with Crippen LogP contribution in [0.5, 0.6) is 0 Å². The number of nitrogens with two attached hydrogens (primary N) is 2. The van der Waals surface area contributed by atoms with Crippen LogP contribution < -0.4 is 22.1 Å². The number of primary amides is 1. The van der Waals surface area contributed by atoms with Crippen LogP contribution in [-0.2, 0) is 24.0 Å². The lowest BCUT2D eigenvalue weighted by Crippen LogP contribution is -2.57. The minimum atomic E-state index is -1.50. The van der Waals surface area contributed by atoms with E-state index in [4.69, 9.17) is 21.7 Å². The third-order valence-electron chi connectivity index (χ3n) is 4.62. The first-order chi connectivity index (χ1) is 14.1. The molecule has 1 aliphatic rings. The second-order valence-electron chi connectivity index (χ2n) is 6.89. The number of aliphatic hydroxyl groups is 1. The minimum Gasteiger partial charge on any atom is -0.480 e. The standard InChI is InChI=1S/C17H29N5O7S/c1-30-6-4-10(14(25)21-11(8-23)17(28)29)20-15(26)12-3-2-5-22(12)16(27)9(18)7-13(19)24/h9-12,23H,2-8,18H2,1H3,(H2,19,24)(H,20,26)(H,21,25)(H,28,29). The fourth-order valence-electron chi connectivity index (χ4n) is 3.05. The Labute approximate surface area is 178 Å². The van der Waals surface area contributed by atoms with Gasteiger partial charge in [0.05, 0.1) is 19.1 Å². The van der Waals surface area contributed by atoms with Crippen LogP contribution >= 0.6 is 11.8 Å². The van der Waals surface area contributed by atoms with Gasteiger partial charge in [-0.3, -0.25) is 19.2 Å². The lowest BCUT2D eigenvalue weighted by atomic mass is 10.1. The SMILES string of the molecule is CSCCC(NC(=O)C1CCCN1C(=O)C(N)CC(N)=O)C(=O)NC(CO)C(=O)O. The van der Waals surface area contributed by atoms with Gasteiger partial charge in [0.15, 0.2) is 0 Å². The molecule has 0 aromatic heterocycles. The maximum Gasteiger partial charge on any atom is 0.328 e. The normalized spacial score (nSPS) is 18.9. The Morgan fingerprint density at radius 2 is 1.87 bits per heavy atom. The van der Waals surface area contributed by atoms with Crippen molar-refractivity contribution in [1.82, 2.24) is 15.5 Å². The van der Waals surface area contributed by atoms with Crippen LogP contribution in [0.1, 0.15) is 25.7 Å².